The molecule has 7 heteroatoms. The van der Waals surface area contributed by atoms with Gasteiger partial charge < -0.3 is 15.5 Å². The van der Waals surface area contributed by atoms with E-state index >= 15 is 0 Å². The normalized spacial score (nSPS) is 14.7. The van der Waals surface area contributed by atoms with Crippen molar-refractivity contribution >= 4 is 28.6 Å². The molecule has 1 aliphatic rings. The molecule has 1 amide bonds. The van der Waals surface area contributed by atoms with Gasteiger partial charge in [-0.3, -0.25) is 4.79 Å². The summed E-state index contributed by atoms with van der Waals surface area (Å²) in [6, 6.07) is 9.64. The van der Waals surface area contributed by atoms with E-state index in [1.165, 1.54) is 0 Å². The predicted molar refractivity (Wildman–Crippen MR) is 101 cm³/mol. The molecule has 0 bridgehead atoms. The molecule has 26 heavy (non-hydrogen) atoms. The number of primary amides is 1. The molecule has 0 radical (unpaired) electrons. The lowest BCUT2D eigenvalue weighted by Crippen LogP contribution is -2.48. The molecule has 0 atom stereocenters. The highest BCUT2D eigenvalue weighted by Crippen LogP contribution is 2.29. The van der Waals surface area contributed by atoms with Crippen LogP contribution in [0.1, 0.15) is 15.9 Å². The molecule has 1 saturated heterocycles. The molecule has 0 saturated carbocycles. The zero-order valence-electron chi connectivity index (χ0n) is 14.6. The van der Waals surface area contributed by atoms with Crippen molar-refractivity contribution in [3.8, 4) is 0 Å². The van der Waals surface area contributed by atoms with Crippen LogP contribution in [0.5, 0.6) is 0 Å². The van der Waals surface area contributed by atoms with Gasteiger partial charge in [-0.25, -0.2) is 15.0 Å². The number of benzene rings is 1. The van der Waals surface area contributed by atoms with Crippen molar-refractivity contribution in [2.75, 3.05) is 36.0 Å². The van der Waals surface area contributed by atoms with E-state index in [4.69, 9.17) is 10.7 Å². The Labute approximate surface area is 151 Å². The van der Waals surface area contributed by atoms with Gasteiger partial charge in [0.25, 0.3) is 5.91 Å². The smallest absolute Gasteiger partial charge is 0.252 e. The van der Waals surface area contributed by atoms with Crippen LogP contribution >= 0.6 is 0 Å². The summed E-state index contributed by atoms with van der Waals surface area (Å²) in [6.45, 7) is 4.90. The van der Waals surface area contributed by atoms with Gasteiger partial charge in [0.1, 0.15) is 5.82 Å². The molecule has 3 aromatic rings. The molecule has 2 N–H and O–H groups in total. The van der Waals surface area contributed by atoms with Crippen LogP contribution in [0.2, 0.25) is 0 Å². The number of hydrogen-bond donors (Lipinski definition) is 1. The molecule has 1 aliphatic heterocycles. The average Bonchev–Trinajstić information content (AvgIpc) is 2.68. The van der Waals surface area contributed by atoms with Crippen LogP contribution in [0, 0.1) is 6.92 Å². The number of aromatic nitrogens is 3. The second-order valence-electron chi connectivity index (χ2n) is 6.34. The molecule has 4 rings (SSSR count). The fourth-order valence-electron chi connectivity index (χ4n) is 3.46. The Hall–Kier alpha value is -3.22. The molecular weight excluding hydrogens is 328 g/mol. The molecule has 1 fully saturated rings. The largest absolute Gasteiger partial charge is 0.365 e. The van der Waals surface area contributed by atoms with Crippen molar-refractivity contribution in [1.82, 2.24) is 15.0 Å². The van der Waals surface area contributed by atoms with Gasteiger partial charge in [0, 0.05) is 44.0 Å². The standard InChI is InChI=1S/C19H20N6O/c1-13-14-5-2-3-6-15(14)23-18(16(13)17(20)26)24-9-11-25(12-10-24)19-21-7-4-8-22-19/h2-8H,9-12H2,1H3,(H2,20,26). The Kier molecular flexibility index (Phi) is 4.12. The second kappa shape index (κ2) is 6.59. The van der Waals surface area contributed by atoms with Gasteiger partial charge in [0.2, 0.25) is 5.95 Å². The van der Waals surface area contributed by atoms with E-state index in [0.717, 1.165) is 48.6 Å². The van der Waals surface area contributed by atoms with Crippen molar-refractivity contribution < 1.29 is 4.79 Å². The number of amides is 1. The predicted octanol–water partition coefficient (Wildman–Crippen LogP) is 1.76. The third-order valence-corrected chi connectivity index (χ3v) is 4.79. The number of carbonyl (C=O) groups is 1. The van der Waals surface area contributed by atoms with Crippen LogP contribution in [0.25, 0.3) is 10.9 Å². The van der Waals surface area contributed by atoms with Crippen LogP contribution in [0.3, 0.4) is 0 Å². The van der Waals surface area contributed by atoms with Gasteiger partial charge in [0.15, 0.2) is 0 Å². The fraction of sp³-hybridized carbons (Fsp3) is 0.263. The number of carbonyl (C=O) groups excluding carboxylic acids is 1. The average molecular weight is 348 g/mol. The lowest BCUT2D eigenvalue weighted by molar-refractivity contribution is 0.1000. The molecule has 0 aliphatic carbocycles. The first-order valence-electron chi connectivity index (χ1n) is 8.61. The number of anilines is 2. The lowest BCUT2D eigenvalue weighted by atomic mass is 10.0. The van der Waals surface area contributed by atoms with Gasteiger partial charge >= 0.3 is 0 Å². The number of para-hydroxylation sites is 1. The van der Waals surface area contributed by atoms with Crippen molar-refractivity contribution in [1.29, 1.82) is 0 Å². The van der Waals surface area contributed by atoms with E-state index in [1.54, 1.807) is 18.5 Å². The number of nitrogens with two attached hydrogens (primary N) is 1. The van der Waals surface area contributed by atoms with E-state index in [1.807, 2.05) is 31.2 Å². The first kappa shape index (κ1) is 16.3. The topological polar surface area (TPSA) is 88.2 Å². The fourth-order valence-corrected chi connectivity index (χ4v) is 3.46. The molecule has 2 aromatic heterocycles. The summed E-state index contributed by atoms with van der Waals surface area (Å²) in [5.74, 6) is 0.955. The van der Waals surface area contributed by atoms with Crippen LogP contribution in [-0.2, 0) is 0 Å². The van der Waals surface area contributed by atoms with Crippen LogP contribution in [0.15, 0.2) is 42.7 Å². The molecule has 3 heterocycles. The minimum Gasteiger partial charge on any atom is -0.365 e. The summed E-state index contributed by atoms with van der Waals surface area (Å²) in [7, 11) is 0. The third-order valence-electron chi connectivity index (χ3n) is 4.79. The lowest BCUT2D eigenvalue weighted by Gasteiger charge is -2.36. The van der Waals surface area contributed by atoms with Crippen molar-refractivity contribution in [3.63, 3.8) is 0 Å². The monoisotopic (exact) mass is 348 g/mol. The highest BCUT2D eigenvalue weighted by atomic mass is 16.1. The zero-order chi connectivity index (χ0) is 18.1. The summed E-state index contributed by atoms with van der Waals surface area (Å²) in [4.78, 5) is 29.8. The number of aryl methyl sites for hydroxylation is 1. The maximum atomic E-state index is 12.1. The van der Waals surface area contributed by atoms with E-state index in [-0.39, 0.29) is 0 Å². The highest BCUT2D eigenvalue weighted by molar-refractivity contribution is 6.04. The number of nitrogens with zero attached hydrogens (tertiary/aromatic N) is 5. The Balaban J connectivity index is 1.67. The van der Waals surface area contributed by atoms with Crippen molar-refractivity contribution in [3.05, 3.63) is 53.9 Å². The summed E-state index contributed by atoms with van der Waals surface area (Å²) < 4.78 is 0. The first-order valence-corrected chi connectivity index (χ1v) is 8.61. The maximum Gasteiger partial charge on any atom is 0.252 e. The SMILES string of the molecule is Cc1c(C(N)=O)c(N2CCN(c3ncccn3)CC2)nc2ccccc12. The second-order valence-corrected chi connectivity index (χ2v) is 6.34. The van der Waals surface area contributed by atoms with Crippen molar-refractivity contribution in [2.45, 2.75) is 6.92 Å². The van der Waals surface area contributed by atoms with Gasteiger partial charge in [-0.15, -0.1) is 0 Å². The molecule has 132 valence electrons. The minimum absolute atomic E-state index is 0.440. The molecule has 0 unspecified atom stereocenters. The van der Waals surface area contributed by atoms with Crippen LogP contribution in [-0.4, -0.2) is 47.0 Å². The van der Waals surface area contributed by atoms with E-state index < -0.39 is 5.91 Å². The number of hydrogen-bond acceptors (Lipinski definition) is 6. The Bertz CT molecular complexity index is 951. The number of fused-ring (bicyclic) bond motifs is 1. The quantitative estimate of drug-likeness (QED) is 0.776. The minimum atomic E-state index is -0.440. The third kappa shape index (κ3) is 2.81. The molecule has 7 nitrogen and oxygen atoms in total. The Morgan fingerprint density at radius 2 is 1.65 bits per heavy atom. The highest BCUT2D eigenvalue weighted by Gasteiger charge is 2.25. The number of piperazine rings is 1. The Morgan fingerprint density at radius 3 is 2.35 bits per heavy atom. The summed E-state index contributed by atoms with van der Waals surface area (Å²) >= 11 is 0. The van der Waals surface area contributed by atoms with E-state index in [2.05, 4.69) is 19.8 Å². The molecule has 0 spiro atoms. The maximum absolute atomic E-state index is 12.1. The number of pyridine rings is 1. The van der Waals surface area contributed by atoms with E-state index in [0.29, 0.717) is 11.4 Å². The molecular formula is C19H20N6O. The summed E-state index contributed by atoms with van der Waals surface area (Å²) in [5, 5.41) is 0.960. The molecule has 1 aromatic carbocycles. The first-order chi connectivity index (χ1) is 12.6. The van der Waals surface area contributed by atoms with Gasteiger partial charge in [-0.2, -0.15) is 0 Å². The number of rotatable bonds is 3. The van der Waals surface area contributed by atoms with Crippen LogP contribution < -0.4 is 15.5 Å². The van der Waals surface area contributed by atoms with Crippen molar-refractivity contribution in [2.24, 2.45) is 5.73 Å². The van der Waals surface area contributed by atoms with Crippen LogP contribution in [0.4, 0.5) is 11.8 Å². The summed E-state index contributed by atoms with van der Waals surface area (Å²) in [6.07, 6.45) is 3.49. The zero-order valence-corrected chi connectivity index (χ0v) is 14.6. The van der Waals surface area contributed by atoms with E-state index in [9.17, 15) is 4.79 Å². The van der Waals surface area contributed by atoms with Gasteiger partial charge in [-0.05, 0) is 24.6 Å². The van der Waals surface area contributed by atoms with Gasteiger partial charge in [-0.1, -0.05) is 18.2 Å². The van der Waals surface area contributed by atoms with Gasteiger partial charge in [0.05, 0.1) is 11.1 Å². The summed E-state index contributed by atoms with van der Waals surface area (Å²) in [5.41, 5.74) is 7.96. The Morgan fingerprint density at radius 1 is 1.00 bits per heavy atom.